The molecule has 2 heterocycles. The number of nitrogens with one attached hydrogen (secondary N) is 2. The highest BCUT2D eigenvalue weighted by Crippen LogP contribution is 2.39. The molecule has 8 nitrogen and oxygen atoms in total. The molecule has 2 aliphatic rings. The van der Waals surface area contributed by atoms with Crippen molar-refractivity contribution in [3.8, 4) is 11.5 Å². The van der Waals surface area contributed by atoms with E-state index < -0.39 is 6.29 Å². The van der Waals surface area contributed by atoms with Gasteiger partial charge in [0.15, 0.2) is 6.29 Å². The van der Waals surface area contributed by atoms with Crippen molar-refractivity contribution in [2.24, 2.45) is 0 Å². The van der Waals surface area contributed by atoms with Gasteiger partial charge in [0.05, 0.1) is 18.8 Å². The number of aliphatic hydroxyl groups excluding tert-OH is 1. The standard InChI is InChI=1S/C36H39N3O5/c40-25-26-12-14-27(15-13-26)34-23-33(24-39-20-5-2-6-21-39)43-35(44-34)28-8-7-9-30(22-28)38-36(41)37-29-16-18-32(19-17-29)42-31-10-3-1-4-11-31/h1,3-4,7-19,22,33-35,40H,2,5-6,20-21,23-25H2,(H2,37,38,41)/t33-,34+,35+/m1/s1. The maximum Gasteiger partial charge on any atom is 0.323 e. The maximum atomic E-state index is 12.9. The molecule has 0 radical (unpaired) electrons. The number of piperidine rings is 1. The third-order valence-corrected chi connectivity index (χ3v) is 8.03. The first-order chi connectivity index (χ1) is 21.6. The van der Waals surface area contributed by atoms with Gasteiger partial charge in [-0.1, -0.05) is 61.0 Å². The molecular formula is C36H39N3O5. The number of rotatable bonds is 9. The van der Waals surface area contributed by atoms with Crippen LogP contribution in [0.3, 0.4) is 0 Å². The number of nitrogens with zero attached hydrogens (tertiary/aromatic N) is 1. The Morgan fingerprint density at radius 3 is 2.25 bits per heavy atom. The van der Waals surface area contributed by atoms with E-state index in [2.05, 4.69) is 15.5 Å². The van der Waals surface area contributed by atoms with Crippen molar-refractivity contribution in [2.45, 2.75) is 50.8 Å². The average Bonchev–Trinajstić information content (AvgIpc) is 3.06. The summed E-state index contributed by atoms with van der Waals surface area (Å²) in [7, 11) is 0. The minimum absolute atomic E-state index is 0.00289. The van der Waals surface area contributed by atoms with Gasteiger partial charge in [-0.25, -0.2) is 4.79 Å². The normalized spacial score (nSPS) is 20.5. The number of aliphatic hydroxyl groups is 1. The number of carbonyl (C=O) groups excluding carboxylic acids is 1. The Morgan fingerprint density at radius 2 is 1.50 bits per heavy atom. The lowest BCUT2D eigenvalue weighted by molar-refractivity contribution is -0.253. The molecule has 2 saturated heterocycles. The van der Waals surface area contributed by atoms with Gasteiger partial charge in [0.25, 0.3) is 0 Å². The van der Waals surface area contributed by atoms with Crippen molar-refractivity contribution in [1.82, 2.24) is 4.90 Å². The fourth-order valence-corrected chi connectivity index (χ4v) is 5.75. The molecule has 2 amide bonds. The summed E-state index contributed by atoms with van der Waals surface area (Å²) < 4.78 is 18.9. The molecule has 0 bridgehead atoms. The number of hydrogen-bond acceptors (Lipinski definition) is 6. The largest absolute Gasteiger partial charge is 0.457 e. The van der Waals surface area contributed by atoms with Crippen molar-refractivity contribution in [3.63, 3.8) is 0 Å². The van der Waals surface area contributed by atoms with Gasteiger partial charge in [0, 0.05) is 29.9 Å². The minimum Gasteiger partial charge on any atom is -0.457 e. The number of hydrogen-bond donors (Lipinski definition) is 3. The summed E-state index contributed by atoms with van der Waals surface area (Å²) in [6, 6.07) is 32.0. The molecule has 0 aliphatic carbocycles. The quantitative estimate of drug-likeness (QED) is 0.185. The number of benzene rings is 4. The zero-order valence-electron chi connectivity index (χ0n) is 24.7. The van der Waals surface area contributed by atoms with Crippen LogP contribution in [0.2, 0.25) is 0 Å². The Balaban J connectivity index is 1.11. The van der Waals surface area contributed by atoms with E-state index in [0.717, 1.165) is 48.5 Å². The Morgan fingerprint density at radius 1 is 0.773 bits per heavy atom. The highest BCUT2D eigenvalue weighted by atomic mass is 16.7. The summed E-state index contributed by atoms with van der Waals surface area (Å²) in [4.78, 5) is 15.4. The first kappa shape index (κ1) is 29.8. The number of amides is 2. The van der Waals surface area contributed by atoms with E-state index in [4.69, 9.17) is 14.2 Å². The molecule has 8 heteroatoms. The molecule has 3 atom stereocenters. The zero-order chi connectivity index (χ0) is 30.1. The lowest BCUT2D eigenvalue weighted by Gasteiger charge is -2.39. The molecule has 0 unspecified atom stereocenters. The molecule has 3 N–H and O–H groups in total. The predicted octanol–water partition coefficient (Wildman–Crippen LogP) is 7.65. The second-order valence-electron chi connectivity index (χ2n) is 11.4. The van der Waals surface area contributed by atoms with Crippen LogP contribution in [-0.4, -0.2) is 41.8 Å². The van der Waals surface area contributed by atoms with E-state index in [1.807, 2.05) is 91.0 Å². The van der Waals surface area contributed by atoms with Crippen molar-refractivity contribution in [3.05, 3.63) is 120 Å². The smallest absolute Gasteiger partial charge is 0.323 e. The van der Waals surface area contributed by atoms with E-state index >= 15 is 0 Å². The van der Waals surface area contributed by atoms with Gasteiger partial charge >= 0.3 is 6.03 Å². The number of ether oxygens (including phenoxy) is 3. The lowest BCUT2D eigenvalue weighted by Crippen LogP contribution is -2.41. The summed E-state index contributed by atoms with van der Waals surface area (Å²) >= 11 is 0. The number of para-hydroxylation sites is 1. The van der Waals surface area contributed by atoms with E-state index in [1.165, 1.54) is 19.3 Å². The molecule has 4 aromatic rings. The second-order valence-corrected chi connectivity index (χ2v) is 11.4. The fraction of sp³-hybridized carbons (Fsp3) is 0.306. The summed E-state index contributed by atoms with van der Waals surface area (Å²) in [5.41, 5.74) is 4.06. The van der Waals surface area contributed by atoms with Gasteiger partial charge in [-0.3, -0.25) is 0 Å². The Kier molecular flexibility index (Phi) is 9.84. The third-order valence-electron chi connectivity index (χ3n) is 8.03. The van der Waals surface area contributed by atoms with Gasteiger partial charge < -0.3 is 34.9 Å². The minimum atomic E-state index is -0.581. The monoisotopic (exact) mass is 593 g/mol. The Bertz CT molecular complexity index is 1490. The van der Waals surface area contributed by atoms with Gasteiger partial charge in [0.2, 0.25) is 0 Å². The fourth-order valence-electron chi connectivity index (χ4n) is 5.75. The van der Waals surface area contributed by atoms with Gasteiger partial charge in [-0.2, -0.15) is 0 Å². The van der Waals surface area contributed by atoms with Crippen molar-refractivity contribution in [2.75, 3.05) is 30.3 Å². The highest BCUT2D eigenvalue weighted by Gasteiger charge is 2.33. The molecule has 0 saturated carbocycles. The first-order valence-electron chi connectivity index (χ1n) is 15.4. The maximum absolute atomic E-state index is 12.9. The van der Waals surface area contributed by atoms with Gasteiger partial charge in [0.1, 0.15) is 11.5 Å². The molecule has 228 valence electrons. The lowest BCUT2D eigenvalue weighted by atomic mass is 9.99. The average molecular weight is 594 g/mol. The molecule has 6 rings (SSSR count). The molecule has 44 heavy (non-hydrogen) atoms. The van der Waals surface area contributed by atoms with Crippen LogP contribution >= 0.6 is 0 Å². The number of anilines is 2. The molecule has 0 spiro atoms. The van der Waals surface area contributed by atoms with Crippen LogP contribution in [0.1, 0.15) is 54.8 Å². The van der Waals surface area contributed by atoms with Crippen LogP contribution < -0.4 is 15.4 Å². The Labute approximate surface area is 258 Å². The molecular weight excluding hydrogens is 554 g/mol. The third kappa shape index (κ3) is 8.03. The van der Waals surface area contributed by atoms with E-state index in [0.29, 0.717) is 17.1 Å². The van der Waals surface area contributed by atoms with Crippen molar-refractivity contribution >= 4 is 17.4 Å². The summed E-state index contributed by atoms with van der Waals surface area (Å²) in [6.07, 6.45) is 3.76. The van der Waals surface area contributed by atoms with Crippen molar-refractivity contribution < 1.29 is 24.1 Å². The topological polar surface area (TPSA) is 92.3 Å². The van der Waals surface area contributed by atoms with Gasteiger partial charge in [-0.15, -0.1) is 0 Å². The SMILES string of the molecule is O=C(Nc1ccc(Oc2ccccc2)cc1)Nc1cccc([C@H]2O[C@@H](CN3CCCCC3)C[C@@H](c3ccc(CO)cc3)O2)c1. The van der Waals surface area contributed by atoms with Crippen molar-refractivity contribution in [1.29, 1.82) is 0 Å². The van der Waals surface area contributed by atoms with Gasteiger partial charge in [-0.05, 0) is 85.6 Å². The summed E-state index contributed by atoms with van der Waals surface area (Å²) in [5.74, 6) is 1.43. The summed E-state index contributed by atoms with van der Waals surface area (Å²) in [6.45, 7) is 3.06. The predicted molar refractivity (Wildman–Crippen MR) is 171 cm³/mol. The van der Waals surface area contributed by atoms with Crippen LogP contribution in [0.5, 0.6) is 11.5 Å². The van der Waals surface area contributed by atoms with E-state index in [-0.39, 0.29) is 24.8 Å². The molecule has 4 aromatic carbocycles. The Hall–Kier alpha value is -4.21. The van der Waals surface area contributed by atoms with Crippen LogP contribution in [-0.2, 0) is 16.1 Å². The molecule has 2 aliphatic heterocycles. The van der Waals surface area contributed by atoms with Crippen LogP contribution in [0.4, 0.5) is 16.2 Å². The second kappa shape index (κ2) is 14.5. The highest BCUT2D eigenvalue weighted by molar-refractivity contribution is 5.99. The van der Waals surface area contributed by atoms with E-state index in [1.54, 1.807) is 12.1 Å². The zero-order valence-corrected chi connectivity index (χ0v) is 24.7. The summed E-state index contributed by atoms with van der Waals surface area (Å²) in [5, 5.41) is 15.3. The number of likely N-dealkylation sites (tertiary alicyclic amines) is 1. The molecule has 2 fully saturated rings. The molecule has 0 aromatic heterocycles. The number of urea groups is 1. The van der Waals surface area contributed by atoms with Crippen LogP contribution in [0.25, 0.3) is 0 Å². The van der Waals surface area contributed by atoms with E-state index in [9.17, 15) is 9.90 Å². The number of carbonyl (C=O) groups is 1. The first-order valence-corrected chi connectivity index (χ1v) is 15.4. The van der Waals surface area contributed by atoms with Crippen LogP contribution in [0.15, 0.2) is 103 Å². The van der Waals surface area contributed by atoms with Crippen LogP contribution in [0, 0.1) is 0 Å².